The molecule has 0 spiro atoms. The predicted molar refractivity (Wildman–Crippen MR) is 97.7 cm³/mol. The average Bonchev–Trinajstić information content (AvgIpc) is 3.02. The van der Waals surface area contributed by atoms with E-state index in [2.05, 4.69) is 20.5 Å². The predicted octanol–water partition coefficient (Wildman–Crippen LogP) is 1.79. The van der Waals surface area contributed by atoms with Crippen molar-refractivity contribution >= 4 is 22.6 Å². The summed E-state index contributed by atoms with van der Waals surface area (Å²) in [4.78, 5) is 19.2. The third-order valence-corrected chi connectivity index (χ3v) is 4.07. The SMILES string of the molecule is CN(C)c1cc(C(=O)NCCCc2nncn2C)c2ccccc2n1. The van der Waals surface area contributed by atoms with Crippen molar-refractivity contribution in [2.45, 2.75) is 12.8 Å². The highest BCUT2D eigenvalue weighted by molar-refractivity contribution is 6.07. The summed E-state index contributed by atoms with van der Waals surface area (Å²) in [6.45, 7) is 0.583. The summed E-state index contributed by atoms with van der Waals surface area (Å²) in [5, 5.41) is 11.8. The lowest BCUT2D eigenvalue weighted by molar-refractivity contribution is 0.0955. The van der Waals surface area contributed by atoms with Crippen molar-refractivity contribution in [3.63, 3.8) is 0 Å². The number of nitrogens with zero attached hydrogens (tertiary/aromatic N) is 5. The third kappa shape index (κ3) is 3.76. The number of carbonyl (C=O) groups excluding carboxylic acids is 1. The van der Waals surface area contributed by atoms with E-state index in [1.165, 1.54) is 0 Å². The highest BCUT2D eigenvalue weighted by Gasteiger charge is 2.13. The zero-order chi connectivity index (χ0) is 17.8. The molecule has 0 atom stereocenters. The molecule has 1 aromatic carbocycles. The number of hydrogen-bond acceptors (Lipinski definition) is 5. The van der Waals surface area contributed by atoms with Crippen molar-refractivity contribution in [3.05, 3.63) is 48.0 Å². The van der Waals surface area contributed by atoms with Gasteiger partial charge >= 0.3 is 0 Å². The van der Waals surface area contributed by atoms with Crippen LogP contribution in [0.15, 0.2) is 36.7 Å². The van der Waals surface area contributed by atoms with Crippen LogP contribution in [-0.4, -0.2) is 46.3 Å². The van der Waals surface area contributed by atoms with Crippen LogP contribution in [0.2, 0.25) is 0 Å². The maximum atomic E-state index is 12.7. The summed E-state index contributed by atoms with van der Waals surface area (Å²) in [7, 11) is 5.75. The lowest BCUT2D eigenvalue weighted by Gasteiger charge is -2.15. The number of carbonyl (C=O) groups is 1. The fraction of sp³-hybridized carbons (Fsp3) is 0.333. The highest BCUT2D eigenvalue weighted by atomic mass is 16.1. The number of aromatic nitrogens is 4. The topological polar surface area (TPSA) is 75.9 Å². The number of benzene rings is 1. The number of para-hydroxylation sites is 1. The molecule has 0 fully saturated rings. The summed E-state index contributed by atoms with van der Waals surface area (Å²) in [6, 6.07) is 9.53. The molecule has 2 heterocycles. The van der Waals surface area contributed by atoms with Crippen LogP contribution >= 0.6 is 0 Å². The molecule has 7 nitrogen and oxygen atoms in total. The van der Waals surface area contributed by atoms with Crippen LogP contribution in [0, 0.1) is 0 Å². The molecule has 130 valence electrons. The van der Waals surface area contributed by atoms with Gasteiger partial charge in [-0.1, -0.05) is 18.2 Å². The lowest BCUT2D eigenvalue weighted by Crippen LogP contribution is -2.26. The van der Waals surface area contributed by atoms with Crippen molar-refractivity contribution in [1.29, 1.82) is 0 Å². The largest absolute Gasteiger partial charge is 0.363 e. The first-order chi connectivity index (χ1) is 12.1. The maximum Gasteiger partial charge on any atom is 0.252 e. The van der Waals surface area contributed by atoms with E-state index < -0.39 is 0 Å². The van der Waals surface area contributed by atoms with E-state index in [1.807, 2.05) is 60.9 Å². The number of aryl methyl sites for hydroxylation is 2. The Morgan fingerprint density at radius 2 is 2.08 bits per heavy atom. The minimum atomic E-state index is -0.0836. The van der Waals surface area contributed by atoms with Crippen molar-refractivity contribution < 1.29 is 4.79 Å². The van der Waals surface area contributed by atoms with E-state index in [4.69, 9.17) is 0 Å². The average molecular weight is 338 g/mol. The van der Waals surface area contributed by atoms with Crippen LogP contribution < -0.4 is 10.2 Å². The van der Waals surface area contributed by atoms with Crippen LogP contribution in [0.4, 0.5) is 5.82 Å². The van der Waals surface area contributed by atoms with E-state index in [0.717, 1.165) is 35.4 Å². The molecule has 0 bridgehead atoms. The van der Waals surface area contributed by atoms with E-state index in [0.29, 0.717) is 12.1 Å². The standard InChI is InChI=1S/C18H22N6O/c1-23(2)17-11-14(13-7-4-5-8-15(13)21-17)18(25)19-10-6-9-16-22-20-12-24(16)3/h4-5,7-8,11-12H,6,9-10H2,1-3H3,(H,19,25). The number of nitrogens with one attached hydrogen (secondary N) is 1. The normalized spacial score (nSPS) is 10.8. The molecule has 0 saturated heterocycles. The fourth-order valence-electron chi connectivity index (χ4n) is 2.66. The number of pyridine rings is 1. The number of hydrogen-bond donors (Lipinski definition) is 1. The second-order valence-corrected chi connectivity index (χ2v) is 6.16. The van der Waals surface area contributed by atoms with Gasteiger partial charge in [0.1, 0.15) is 18.0 Å². The molecule has 1 N–H and O–H groups in total. The van der Waals surface area contributed by atoms with E-state index in [-0.39, 0.29) is 5.91 Å². The van der Waals surface area contributed by atoms with Gasteiger partial charge in [-0.3, -0.25) is 4.79 Å². The minimum absolute atomic E-state index is 0.0836. The van der Waals surface area contributed by atoms with Gasteiger partial charge in [-0.25, -0.2) is 4.98 Å². The molecule has 3 aromatic rings. The smallest absolute Gasteiger partial charge is 0.252 e. The van der Waals surface area contributed by atoms with Gasteiger partial charge < -0.3 is 14.8 Å². The molecule has 1 amide bonds. The monoisotopic (exact) mass is 338 g/mol. The van der Waals surface area contributed by atoms with Gasteiger partial charge in [-0.05, 0) is 18.6 Å². The van der Waals surface area contributed by atoms with Gasteiger partial charge in [-0.2, -0.15) is 0 Å². The summed E-state index contributed by atoms with van der Waals surface area (Å²) in [6.07, 6.45) is 3.26. The summed E-state index contributed by atoms with van der Waals surface area (Å²) >= 11 is 0. The molecule has 0 unspecified atom stereocenters. The molecule has 0 aliphatic carbocycles. The van der Waals surface area contributed by atoms with Gasteiger partial charge in [0.05, 0.1) is 11.1 Å². The summed E-state index contributed by atoms with van der Waals surface area (Å²) in [5.41, 5.74) is 1.46. The molecule has 0 radical (unpaired) electrons. The fourth-order valence-corrected chi connectivity index (χ4v) is 2.66. The lowest BCUT2D eigenvalue weighted by atomic mass is 10.1. The molecule has 2 aromatic heterocycles. The zero-order valence-electron chi connectivity index (χ0n) is 14.7. The first-order valence-corrected chi connectivity index (χ1v) is 8.24. The molecular formula is C18H22N6O. The number of fused-ring (bicyclic) bond motifs is 1. The molecule has 25 heavy (non-hydrogen) atoms. The minimum Gasteiger partial charge on any atom is -0.363 e. The second-order valence-electron chi connectivity index (χ2n) is 6.16. The van der Waals surface area contributed by atoms with Crippen LogP contribution in [0.5, 0.6) is 0 Å². The molecule has 0 aliphatic rings. The van der Waals surface area contributed by atoms with Crippen LogP contribution in [0.25, 0.3) is 10.9 Å². The van der Waals surface area contributed by atoms with E-state index >= 15 is 0 Å². The van der Waals surface area contributed by atoms with Gasteiger partial charge in [0.25, 0.3) is 5.91 Å². The first kappa shape index (κ1) is 16.9. The van der Waals surface area contributed by atoms with Crippen molar-refractivity contribution in [2.24, 2.45) is 7.05 Å². The van der Waals surface area contributed by atoms with Crippen LogP contribution in [0.1, 0.15) is 22.6 Å². The molecule has 0 saturated carbocycles. The van der Waals surface area contributed by atoms with Gasteiger partial charge in [0.15, 0.2) is 0 Å². The van der Waals surface area contributed by atoms with Crippen LogP contribution in [-0.2, 0) is 13.5 Å². The molecule has 0 aliphatic heterocycles. The Kier molecular flexibility index (Phi) is 4.92. The Hall–Kier alpha value is -2.96. The van der Waals surface area contributed by atoms with Crippen molar-refractivity contribution in [1.82, 2.24) is 25.1 Å². The van der Waals surface area contributed by atoms with Crippen molar-refractivity contribution in [3.8, 4) is 0 Å². The van der Waals surface area contributed by atoms with Gasteiger partial charge in [0, 0.05) is 39.5 Å². The van der Waals surface area contributed by atoms with Crippen molar-refractivity contribution in [2.75, 3.05) is 25.5 Å². The summed E-state index contributed by atoms with van der Waals surface area (Å²) in [5.74, 6) is 1.60. The molecular weight excluding hydrogens is 316 g/mol. The Morgan fingerprint density at radius 3 is 2.80 bits per heavy atom. The van der Waals surface area contributed by atoms with Crippen LogP contribution in [0.3, 0.4) is 0 Å². The molecule has 7 heteroatoms. The quantitative estimate of drug-likeness (QED) is 0.694. The Morgan fingerprint density at radius 1 is 1.28 bits per heavy atom. The third-order valence-electron chi connectivity index (χ3n) is 4.07. The summed E-state index contributed by atoms with van der Waals surface area (Å²) < 4.78 is 1.89. The molecule has 3 rings (SSSR count). The number of rotatable bonds is 6. The Labute approximate surface area is 146 Å². The van der Waals surface area contributed by atoms with Gasteiger partial charge in [0.2, 0.25) is 0 Å². The maximum absolute atomic E-state index is 12.7. The highest BCUT2D eigenvalue weighted by Crippen LogP contribution is 2.22. The first-order valence-electron chi connectivity index (χ1n) is 8.24. The van der Waals surface area contributed by atoms with E-state index in [9.17, 15) is 4.79 Å². The van der Waals surface area contributed by atoms with E-state index in [1.54, 1.807) is 6.33 Å². The zero-order valence-corrected chi connectivity index (χ0v) is 14.7. The second kappa shape index (κ2) is 7.29. The number of amides is 1. The Bertz CT molecular complexity index is 886. The Balaban J connectivity index is 1.72. The van der Waals surface area contributed by atoms with Gasteiger partial charge in [-0.15, -0.1) is 10.2 Å². The number of anilines is 1.